The summed E-state index contributed by atoms with van der Waals surface area (Å²) in [7, 11) is 0. The van der Waals surface area contributed by atoms with E-state index >= 15 is 0 Å². The molecule has 1 saturated carbocycles. The van der Waals surface area contributed by atoms with E-state index < -0.39 is 36.4 Å². The molecule has 1 heterocycles. The van der Waals surface area contributed by atoms with Gasteiger partial charge in [-0.2, -0.15) is 13.2 Å². The van der Waals surface area contributed by atoms with Crippen molar-refractivity contribution < 1.29 is 27.2 Å². The Labute approximate surface area is 169 Å². The van der Waals surface area contributed by atoms with Gasteiger partial charge >= 0.3 is 12.1 Å². The van der Waals surface area contributed by atoms with Gasteiger partial charge in [0.2, 0.25) is 5.91 Å². The molecule has 0 saturated heterocycles. The van der Waals surface area contributed by atoms with Crippen molar-refractivity contribution in [2.45, 2.75) is 50.5 Å². The Morgan fingerprint density at radius 2 is 1.79 bits per heavy atom. The molecule has 0 unspecified atom stereocenters. The fraction of sp³-hybridized carbons (Fsp3) is 0.400. The molecule has 4 nitrogen and oxygen atoms in total. The van der Waals surface area contributed by atoms with Gasteiger partial charge in [0.1, 0.15) is 11.9 Å². The fourth-order valence-electron chi connectivity index (χ4n) is 3.45. The maximum Gasteiger partial charge on any atom is 0.471 e. The first kappa shape index (κ1) is 21.3. The van der Waals surface area contributed by atoms with Crippen molar-refractivity contribution in [3.63, 3.8) is 0 Å². The molecule has 1 aliphatic rings. The number of carbonyl (C=O) groups excluding carboxylic acids is 2. The minimum atomic E-state index is -5.15. The van der Waals surface area contributed by atoms with Crippen molar-refractivity contribution in [2.24, 2.45) is 0 Å². The van der Waals surface area contributed by atoms with Crippen molar-refractivity contribution in [1.29, 1.82) is 0 Å². The molecule has 0 radical (unpaired) electrons. The lowest BCUT2D eigenvalue weighted by atomic mass is 10.1. The zero-order chi connectivity index (χ0) is 21.0. The molecule has 1 aromatic heterocycles. The highest BCUT2D eigenvalue weighted by Gasteiger charge is 2.47. The third-order valence-electron chi connectivity index (χ3n) is 4.84. The van der Waals surface area contributed by atoms with Crippen LogP contribution in [-0.2, 0) is 16.1 Å². The summed E-state index contributed by atoms with van der Waals surface area (Å²) in [4.78, 5) is 26.1. The monoisotopic (exact) mass is 428 g/mol. The molecule has 2 aromatic rings. The minimum Gasteiger partial charge on any atom is -0.351 e. The van der Waals surface area contributed by atoms with Crippen LogP contribution in [0.4, 0.5) is 17.6 Å². The highest BCUT2D eigenvalue weighted by atomic mass is 32.1. The number of halogens is 4. The van der Waals surface area contributed by atoms with Crippen molar-refractivity contribution in [1.82, 2.24) is 10.2 Å². The number of nitrogens with zero attached hydrogens (tertiary/aromatic N) is 1. The summed E-state index contributed by atoms with van der Waals surface area (Å²) in [6.07, 6.45) is -1.75. The molecular weight excluding hydrogens is 408 g/mol. The number of alkyl halides is 3. The average molecular weight is 428 g/mol. The van der Waals surface area contributed by atoms with Crippen LogP contribution in [-0.4, -0.2) is 28.9 Å². The molecular formula is C20H20F4N2O2S. The summed E-state index contributed by atoms with van der Waals surface area (Å²) in [6, 6.07) is 6.41. The minimum absolute atomic E-state index is 0.112. The summed E-state index contributed by atoms with van der Waals surface area (Å²) in [5.41, 5.74) is 0.291. The van der Waals surface area contributed by atoms with Crippen molar-refractivity contribution in [3.05, 3.63) is 58.0 Å². The smallest absolute Gasteiger partial charge is 0.351 e. The molecule has 1 aliphatic carbocycles. The summed E-state index contributed by atoms with van der Waals surface area (Å²) in [5, 5.41) is 4.43. The van der Waals surface area contributed by atoms with Crippen molar-refractivity contribution in [3.8, 4) is 0 Å². The van der Waals surface area contributed by atoms with Crippen LogP contribution in [0.25, 0.3) is 0 Å². The first-order valence-electron chi connectivity index (χ1n) is 9.21. The summed E-state index contributed by atoms with van der Waals surface area (Å²) in [5.74, 6) is -3.29. The molecule has 1 aromatic carbocycles. The van der Waals surface area contributed by atoms with E-state index in [2.05, 4.69) is 5.32 Å². The molecule has 2 amide bonds. The second-order valence-corrected chi connectivity index (χ2v) is 7.94. The molecule has 1 fully saturated rings. The van der Waals surface area contributed by atoms with E-state index in [1.807, 2.05) is 0 Å². The number of rotatable bonds is 6. The highest BCUT2D eigenvalue weighted by Crippen LogP contribution is 2.32. The van der Waals surface area contributed by atoms with E-state index in [0.717, 1.165) is 49.2 Å². The van der Waals surface area contributed by atoms with Gasteiger partial charge in [-0.3, -0.25) is 9.59 Å². The Bertz CT molecular complexity index is 831. The lowest BCUT2D eigenvalue weighted by molar-refractivity contribution is -0.189. The summed E-state index contributed by atoms with van der Waals surface area (Å²) < 4.78 is 53.3. The van der Waals surface area contributed by atoms with Crippen LogP contribution in [0.2, 0.25) is 0 Å². The highest BCUT2D eigenvalue weighted by molar-refractivity contribution is 7.10. The molecule has 0 bridgehead atoms. The second-order valence-electron chi connectivity index (χ2n) is 6.97. The van der Waals surface area contributed by atoms with Gasteiger partial charge in [0.15, 0.2) is 0 Å². The van der Waals surface area contributed by atoms with E-state index in [4.69, 9.17) is 0 Å². The van der Waals surface area contributed by atoms with Gasteiger partial charge in [-0.15, -0.1) is 11.3 Å². The Balaban J connectivity index is 1.95. The average Bonchev–Trinajstić information content (AvgIpc) is 3.36. The molecule has 29 heavy (non-hydrogen) atoms. The molecule has 3 rings (SSSR count). The number of carbonyl (C=O) groups is 2. The third kappa shape index (κ3) is 5.35. The molecule has 156 valence electrons. The van der Waals surface area contributed by atoms with E-state index in [-0.39, 0.29) is 6.04 Å². The zero-order valence-electron chi connectivity index (χ0n) is 15.4. The number of benzene rings is 1. The molecule has 0 aliphatic heterocycles. The maximum atomic E-state index is 13.4. The van der Waals surface area contributed by atoms with E-state index in [0.29, 0.717) is 15.3 Å². The number of amides is 2. The molecule has 0 spiro atoms. The molecule has 9 heteroatoms. The van der Waals surface area contributed by atoms with Gasteiger partial charge < -0.3 is 10.2 Å². The number of nitrogens with one attached hydrogen (secondary N) is 1. The Morgan fingerprint density at radius 3 is 2.34 bits per heavy atom. The zero-order valence-corrected chi connectivity index (χ0v) is 16.2. The first-order valence-corrected chi connectivity index (χ1v) is 10.1. The predicted molar refractivity (Wildman–Crippen MR) is 100 cm³/mol. The number of hydrogen-bond donors (Lipinski definition) is 1. The third-order valence-corrected chi connectivity index (χ3v) is 5.77. The van der Waals surface area contributed by atoms with E-state index in [9.17, 15) is 27.2 Å². The molecule has 1 atom stereocenters. The summed E-state index contributed by atoms with van der Waals surface area (Å²) >= 11 is 1.10. The SMILES string of the molecule is O=C(NC1CCCC1)[C@@H](c1cccs1)N(Cc1ccc(F)cc1)C(=O)C(F)(F)F. The Morgan fingerprint density at radius 1 is 1.14 bits per heavy atom. The van der Waals surface area contributed by atoms with Crippen LogP contribution < -0.4 is 5.32 Å². The molecule has 1 N–H and O–H groups in total. The predicted octanol–water partition coefficient (Wildman–Crippen LogP) is 4.58. The summed E-state index contributed by atoms with van der Waals surface area (Å²) in [6.45, 7) is -0.473. The lowest BCUT2D eigenvalue weighted by Crippen LogP contribution is -2.49. The van der Waals surface area contributed by atoms with Gasteiger partial charge in [0.05, 0.1) is 0 Å². The topological polar surface area (TPSA) is 49.4 Å². The van der Waals surface area contributed by atoms with Crippen LogP contribution >= 0.6 is 11.3 Å². The van der Waals surface area contributed by atoms with Crippen LogP contribution in [0.1, 0.15) is 42.2 Å². The Kier molecular flexibility index (Phi) is 6.56. The van der Waals surface area contributed by atoms with Crippen LogP contribution in [0.15, 0.2) is 41.8 Å². The quantitative estimate of drug-likeness (QED) is 0.685. The van der Waals surface area contributed by atoms with E-state index in [1.54, 1.807) is 11.4 Å². The number of thiophene rings is 1. The largest absolute Gasteiger partial charge is 0.471 e. The van der Waals surface area contributed by atoms with Crippen LogP contribution in [0.3, 0.4) is 0 Å². The standard InChI is InChI=1S/C20H20F4N2O2S/c21-14-9-7-13(8-10-14)12-26(19(28)20(22,23)24)17(16-6-3-11-29-16)18(27)25-15-4-1-2-5-15/h3,6-11,15,17H,1-2,4-5,12H2,(H,25,27)/t17-/m1/s1. The van der Waals surface area contributed by atoms with Crippen LogP contribution in [0, 0.1) is 5.82 Å². The lowest BCUT2D eigenvalue weighted by Gasteiger charge is -2.32. The van der Waals surface area contributed by atoms with Crippen LogP contribution in [0.5, 0.6) is 0 Å². The first-order chi connectivity index (χ1) is 13.8. The van der Waals surface area contributed by atoms with E-state index in [1.165, 1.54) is 18.2 Å². The van der Waals surface area contributed by atoms with Gasteiger partial charge in [0, 0.05) is 17.5 Å². The maximum absolute atomic E-state index is 13.4. The Hall–Kier alpha value is -2.42. The second kappa shape index (κ2) is 8.94. The van der Waals surface area contributed by atoms with Gasteiger partial charge in [-0.1, -0.05) is 31.0 Å². The number of hydrogen-bond acceptors (Lipinski definition) is 3. The van der Waals surface area contributed by atoms with Crippen molar-refractivity contribution >= 4 is 23.2 Å². The van der Waals surface area contributed by atoms with Gasteiger partial charge in [-0.25, -0.2) is 4.39 Å². The normalized spacial score (nSPS) is 15.9. The van der Waals surface area contributed by atoms with Gasteiger partial charge in [-0.05, 0) is 42.0 Å². The van der Waals surface area contributed by atoms with Gasteiger partial charge in [0.25, 0.3) is 0 Å². The fourth-order valence-corrected chi connectivity index (χ4v) is 4.29. The van der Waals surface area contributed by atoms with Crippen molar-refractivity contribution in [2.75, 3.05) is 0 Å².